The van der Waals surface area contributed by atoms with Gasteiger partial charge < -0.3 is 9.84 Å². The van der Waals surface area contributed by atoms with E-state index in [1.165, 1.54) is 25.0 Å². The first kappa shape index (κ1) is 23.5. The summed E-state index contributed by atoms with van der Waals surface area (Å²) in [5.74, 6) is 1.61. The highest BCUT2D eigenvalue weighted by molar-refractivity contribution is 5.65. The minimum atomic E-state index is -0.345. The zero-order valence-electron chi connectivity index (χ0n) is 19.6. The van der Waals surface area contributed by atoms with Crippen LogP contribution in [0.1, 0.15) is 44.6 Å². The van der Waals surface area contributed by atoms with Crippen molar-refractivity contribution < 1.29 is 14.2 Å². The van der Waals surface area contributed by atoms with Gasteiger partial charge in [0.15, 0.2) is 0 Å². The van der Waals surface area contributed by atoms with E-state index in [-0.39, 0.29) is 11.9 Å². The van der Waals surface area contributed by atoms with E-state index in [1.807, 2.05) is 25.2 Å². The van der Waals surface area contributed by atoms with Crippen molar-refractivity contribution in [2.45, 2.75) is 51.7 Å². The van der Waals surface area contributed by atoms with Crippen LogP contribution in [0.2, 0.25) is 0 Å². The van der Waals surface area contributed by atoms with Crippen molar-refractivity contribution in [3.8, 4) is 22.9 Å². The van der Waals surface area contributed by atoms with Gasteiger partial charge in [-0.1, -0.05) is 50.1 Å². The number of nitrogens with zero attached hydrogens (tertiary/aromatic N) is 3. The number of aryl methyl sites for hydroxylation is 1. The van der Waals surface area contributed by atoms with Crippen LogP contribution in [-0.4, -0.2) is 39.0 Å². The molecule has 0 bridgehead atoms. The van der Waals surface area contributed by atoms with Gasteiger partial charge in [-0.05, 0) is 49.4 Å². The number of aliphatic hydroxyl groups excluding tert-OH is 1. The average Bonchev–Trinajstić information content (AvgIpc) is 3.58. The number of hydrogen-bond donors (Lipinski definition) is 1. The summed E-state index contributed by atoms with van der Waals surface area (Å²) in [4.78, 5) is 2.35. The molecule has 1 aromatic heterocycles. The zero-order valence-corrected chi connectivity index (χ0v) is 19.6. The Morgan fingerprint density at radius 3 is 2.55 bits per heavy atom. The van der Waals surface area contributed by atoms with Crippen molar-refractivity contribution in [3.63, 3.8) is 0 Å². The third-order valence-electron chi connectivity index (χ3n) is 6.12. The summed E-state index contributed by atoms with van der Waals surface area (Å²) >= 11 is 0. The van der Waals surface area contributed by atoms with E-state index in [4.69, 9.17) is 9.84 Å². The molecule has 0 amide bonds. The normalized spacial score (nSPS) is 14.6. The molecule has 1 N–H and O–H groups in total. The van der Waals surface area contributed by atoms with Gasteiger partial charge in [-0.15, -0.1) is 0 Å². The van der Waals surface area contributed by atoms with Crippen molar-refractivity contribution in [2.24, 2.45) is 13.0 Å². The van der Waals surface area contributed by atoms with Gasteiger partial charge in [0.05, 0.1) is 11.7 Å². The van der Waals surface area contributed by atoms with Gasteiger partial charge >= 0.3 is 0 Å². The summed E-state index contributed by atoms with van der Waals surface area (Å²) in [5.41, 5.74) is 2.88. The molecule has 4 rings (SSSR count). The average molecular weight is 452 g/mol. The Labute approximate surface area is 195 Å². The number of hydrogen-bond acceptors (Lipinski definition) is 4. The maximum atomic E-state index is 13.4. The maximum Gasteiger partial charge on any atom is 0.222 e. The van der Waals surface area contributed by atoms with Crippen LogP contribution < -0.4 is 4.74 Å². The predicted octanol–water partition coefficient (Wildman–Crippen LogP) is 5.78. The first-order chi connectivity index (χ1) is 16.0. The van der Waals surface area contributed by atoms with Crippen LogP contribution in [0.4, 0.5) is 4.39 Å². The van der Waals surface area contributed by atoms with Gasteiger partial charge in [-0.2, -0.15) is 5.10 Å². The molecule has 1 fully saturated rings. The molecule has 33 heavy (non-hydrogen) atoms. The first-order valence-corrected chi connectivity index (χ1v) is 12.0. The number of ether oxygens (including phenoxy) is 1. The number of aromatic nitrogens is 2. The summed E-state index contributed by atoms with van der Waals surface area (Å²) in [6, 6.07) is 16.2. The third kappa shape index (κ3) is 6.42. The molecule has 0 unspecified atom stereocenters. The fourth-order valence-corrected chi connectivity index (χ4v) is 4.19. The second kappa shape index (κ2) is 10.9. The van der Waals surface area contributed by atoms with Gasteiger partial charge in [0.25, 0.3) is 0 Å². The standard InChI is InChI=1S/C27H34FN3O2/c1-3-4-10-23(32)18-31(17-20-11-12-20)19-25-26(21-8-6-5-7-9-21)29-30(2)27(25)33-24-15-13-22(28)14-16-24/h5-9,13-16,20,23,32H,3-4,10-12,17-19H2,1-2H3/t23-/m1/s1. The summed E-state index contributed by atoms with van der Waals surface area (Å²) in [6.45, 7) is 4.38. The van der Waals surface area contributed by atoms with E-state index in [1.54, 1.807) is 16.8 Å². The van der Waals surface area contributed by atoms with E-state index >= 15 is 0 Å². The molecular weight excluding hydrogens is 417 g/mol. The van der Waals surface area contributed by atoms with Crippen LogP contribution >= 0.6 is 0 Å². The monoisotopic (exact) mass is 451 g/mol. The minimum absolute atomic E-state index is 0.297. The highest BCUT2D eigenvalue weighted by atomic mass is 19.1. The van der Waals surface area contributed by atoms with Crippen LogP contribution in [0.5, 0.6) is 11.6 Å². The SMILES string of the molecule is CCCC[C@@H](O)CN(Cc1c(-c2ccccc2)nn(C)c1Oc1ccc(F)cc1)CC1CC1. The Bertz CT molecular complexity index is 1020. The van der Waals surface area contributed by atoms with Crippen LogP contribution in [-0.2, 0) is 13.6 Å². The molecule has 5 nitrogen and oxygen atoms in total. The molecule has 0 radical (unpaired) electrons. The molecule has 2 aromatic carbocycles. The Kier molecular flexibility index (Phi) is 7.78. The molecule has 1 saturated carbocycles. The molecule has 6 heteroatoms. The molecule has 1 aliphatic rings. The molecular formula is C27H34FN3O2. The molecule has 1 aliphatic carbocycles. The van der Waals surface area contributed by atoms with Crippen molar-refractivity contribution in [1.82, 2.24) is 14.7 Å². The van der Waals surface area contributed by atoms with Crippen molar-refractivity contribution in [1.29, 1.82) is 0 Å². The van der Waals surface area contributed by atoms with Gasteiger partial charge in [0, 0.05) is 32.2 Å². The van der Waals surface area contributed by atoms with E-state index in [0.717, 1.165) is 42.6 Å². The second-order valence-electron chi connectivity index (χ2n) is 9.11. The van der Waals surface area contributed by atoms with Crippen molar-refractivity contribution >= 4 is 0 Å². The van der Waals surface area contributed by atoms with Gasteiger partial charge in [0.1, 0.15) is 17.3 Å². The molecule has 0 aliphatic heterocycles. The van der Waals surface area contributed by atoms with Crippen LogP contribution in [0.3, 0.4) is 0 Å². The largest absolute Gasteiger partial charge is 0.439 e. The number of halogens is 1. The molecule has 1 heterocycles. The lowest BCUT2D eigenvalue weighted by Crippen LogP contribution is -2.34. The number of benzene rings is 2. The fraction of sp³-hybridized carbons (Fsp3) is 0.444. The molecule has 176 valence electrons. The minimum Gasteiger partial charge on any atom is -0.439 e. The van der Waals surface area contributed by atoms with Gasteiger partial charge in [0.2, 0.25) is 5.88 Å². The lowest BCUT2D eigenvalue weighted by Gasteiger charge is -2.25. The smallest absolute Gasteiger partial charge is 0.222 e. The highest BCUT2D eigenvalue weighted by Crippen LogP contribution is 2.36. The fourth-order valence-electron chi connectivity index (χ4n) is 4.19. The zero-order chi connectivity index (χ0) is 23.2. The Morgan fingerprint density at radius 1 is 1.15 bits per heavy atom. The highest BCUT2D eigenvalue weighted by Gasteiger charge is 2.28. The molecule has 3 aromatic rings. The Morgan fingerprint density at radius 2 is 1.88 bits per heavy atom. The van der Waals surface area contributed by atoms with Crippen LogP contribution in [0, 0.1) is 11.7 Å². The van der Waals surface area contributed by atoms with Crippen molar-refractivity contribution in [3.05, 3.63) is 66.0 Å². The maximum absolute atomic E-state index is 13.4. The first-order valence-electron chi connectivity index (χ1n) is 12.0. The van der Waals surface area contributed by atoms with Gasteiger partial charge in [-0.25, -0.2) is 9.07 Å². The lowest BCUT2D eigenvalue weighted by atomic mass is 10.1. The Hall–Kier alpha value is -2.70. The lowest BCUT2D eigenvalue weighted by molar-refractivity contribution is 0.0966. The topological polar surface area (TPSA) is 50.5 Å². The summed E-state index contributed by atoms with van der Waals surface area (Å²) in [6.07, 6.45) is 5.07. The number of unbranched alkanes of at least 4 members (excludes halogenated alkanes) is 1. The summed E-state index contributed by atoms with van der Waals surface area (Å²) < 4.78 is 21.4. The van der Waals surface area contributed by atoms with Crippen LogP contribution in [0.25, 0.3) is 11.3 Å². The Balaban J connectivity index is 1.65. The third-order valence-corrected chi connectivity index (χ3v) is 6.12. The molecule has 0 spiro atoms. The van der Waals surface area contributed by atoms with Crippen LogP contribution in [0.15, 0.2) is 54.6 Å². The molecule has 0 saturated heterocycles. The summed E-state index contributed by atoms with van der Waals surface area (Å²) in [7, 11) is 1.87. The van der Waals surface area contributed by atoms with Gasteiger partial charge in [-0.3, -0.25) is 4.90 Å². The quantitative estimate of drug-likeness (QED) is 0.379. The molecule has 1 atom stereocenters. The van der Waals surface area contributed by atoms with E-state index in [2.05, 4.69) is 24.0 Å². The summed E-state index contributed by atoms with van der Waals surface area (Å²) in [5, 5.41) is 15.5. The second-order valence-corrected chi connectivity index (χ2v) is 9.11. The van der Waals surface area contributed by atoms with E-state index in [9.17, 15) is 9.50 Å². The predicted molar refractivity (Wildman–Crippen MR) is 129 cm³/mol. The number of aliphatic hydroxyl groups is 1. The van der Waals surface area contributed by atoms with E-state index in [0.29, 0.717) is 30.6 Å². The van der Waals surface area contributed by atoms with Crippen molar-refractivity contribution in [2.75, 3.05) is 13.1 Å². The van der Waals surface area contributed by atoms with E-state index < -0.39 is 0 Å². The number of rotatable bonds is 12.